The Hall–Kier alpha value is -4.15. The molecule has 1 amide bonds. The molecule has 2 heterocycles. The van der Waals surface area contributed by atoms with E-state index in [0.29, 0.717) is 71.2 Å². The number of rotatable bonds is 12. The smallest absolute Gasteiger partial charge is 0.225 e. The molecule has 0 bridgehead atoms. The Bertz CT molecular complexity index is 1240. The molecule has 1 fully saturated rings. The van der Waals surface area contributed by atoms with Crippen LogP contribution >= 0.6 is 0 Å². The maximum absolute atomic E-state index is 11.9. The van der Waals surface area contributed by atoms with Crippen molar-refractivity contribution in [1.82, 2.24) is 14.9 Å². The van der Waals surface area contributed by atoms with Crippen LogP contribution in [0.1, 0.15) is 19.3 Å². The van der Waals surface area contributed by atoms with Gasteiger partial charge in [-0.1, -0.05) is 0 Å². The van der Waals surface area contributed by atoms with Crippen molar-refractivity contribution in [3.8, 4) is 28.7 Å². The lowest BCUT2D eigenvalue weighted by atomic mass is 10.2. The molecule has 2 N–H and O–H groups in total. The minimum Gasteiger partial charge on any atom is -0.493 e. The molecule has 1 aliphatic heterocycles. The molecule has 11 nitrogen and oxygen atoms in total. The second-order valence-electron chi connectivity index (χ2n) is 8.42. The SMILES string of the molecule is COc1cc2nc(NCCCN3CCCC3=O)nc(Nc3cc(OC)c(OC)c(OC)c3)c2cc1OC. The van der Waals surface area contributed by atoms with E-state index in [4.69, 9.17) is 33.7 Å². The van der Waals surface area contributed by atoms with Gasteiger partial charge in [0.05, 0.1) is 41.1 Å². The van der Waals surface area contributed by atoms with Crippen LogP contribution in [0.2, 0.25) is 0 Å². The van der Waals surface area contributed by atoms with Gasteiger partial charge in [-0.2, -0.15) is 4.98 Å². The number of benzene rings is 2. The Morgan fingerprint density at radius 1 is 0.865 bits per heavy atom. The van der Waals surface area contributed by atoms with Gasteiger partial charge < -0.3 is 39.2 Å². The fraction of sp³-hybridized carbons (Fsp3) is 0.423. The van der Waals surface area contributed by atoms with Gasteiger partial charge in [0.15, 0.2) is 23.0 Å². The van der Waals surface area contributed by atoms with Crippen LogP contribution in [0, 0.1) is 0 Å². The highest BCUT2D eigenvalue weighted by atomic mass is 16.5. The van der Waals surface area contributed by atoms with E-state index in [2.05, 4.69) is 10.6 Å². The van der Waals surface area contributed by atoms with Gasteiger partial charge in [0.25, 0.3) is 0 Å². The number of aromatic nitrogens is 2. The predicted molar refractivity (Wildman–Crippen MR) is 141 cm³/mol. The number of fused-ring (bicyclic) bond motifs is 1. The minimum absolute atomic E-state index is 0.222. The van der Waals surface area contributed by atoms with E-state index in [1.54, 1.807) is 47.7 Å². The molecule has 0 atom stereocenters. The summed E-state index contributed by atoms with van der Waals surface area (Å²) in [7, 11) is 7.85. The van der Waals surface area contributed by atoms with Crippen LogP contribution < -0.4 is 34.3 Å². The van der Waals surface area contributed by atoms with E-state index in [-0.39, 0.29) is 5.91 Å². The van der Waals surface area contributed by atoms with E-state index in [0.717, 1.165) is 24.8 Å². The maximum Gasteiger partial charge on any atom is 0.225 e. The Morgan fingerprint density at radius 2 is 1.54 bits per heavy atom. The molecular formula is C26H33N5O6. The topological polar surface area (TPSA) is 116 Å². The summed E-state index contributed by atoms with van der Waals surface area (Å²) in [6.45, 7) is 2.16. The molecule has 11 heteroatoms. The van der Waals surface area contributed by atoms with Crippen molar-refractivity contribution in [2.24, 2.45) is 0 Å². The number of carbonyl (C=O) groups is 1. The van der Waals surface area contributed by atoms with E-state index in [1.807, 2.05) is 17.0 Å². The first-order valence-electron chi connectivity index (χ1n) is 12.0. The van der Waals surface area contributed by atoms with Gasteiger partial charge in [0, 0.05) is 55.3 Å². The van der Waals surface area contributed by atoms with Crippen LogP contribution in [-0.2, 0) is 4.79 Å². The molecule has 198 valence electrons. The molecule has 0 unspecified atom stereocenters. The first-order valence-corrected chi connectivity index (χ1v) is 12.0. The highest BCUT2D eigenvalue weighted by molar-refractivity contribution is 5.94. The number of nitrogens with one attached hydrogen (secondary N) is 2. The Kier molecular flexibility index (Phi) is 8.22. The fourth-order valence-corrected chi connectivity index (χ4v) is 4.33. The summed E-state index contributed by atoms with van der Waals surface area (Å²) in [6.07, 6.45) is 2.36. The van der Waals surface area contributed by atoms with Gasteiger partial charge in [-0.25, -0.2) is 4.98 Å². The largest absolute Gasteiger partial charge is 0.493 e. The summed E-state index contributed by atoms with van der Waals surface area (Å²) in [6, 6.07) is 7.24. The molecule has 37 heavy (non-hydrogen) atoms. The molecule has 0 spiro atoms. The van der Waals surface area contributed by atoms with E-state index >= 15 is 0 Å². The van der Waals surface area contributed by atoms with Crippen LogP contribution in [0.25, 0.3) is 10.9 Å². The van der Waals surface area contributed by atoms with Gasteiger partial charge in [0.2, 0.25) is 17.6 Å². The van der Waals surface area contributed by atoms with Crippen molar-refractivity contribution in [2.75, 3.05) is 65.8 Å². The second kappa shape index (κ2) is 11.7. The zero-order valence-electron chi connectivity index (χ0n) is 21.8. The number of hydrogen-bond donors (Lipinski definition) is 2. The Morgan fingerprint density at radius 3 is 2.14 bits per heavy atom. The average Bonchev–Trinajstić information content (AvgIpc) is 3.33. The lowest BCUT2D eigenvalue weighted by Crippen LogP contribution is -2.27. The van der Waals surface area contributed by atoms with Gasteiger partial charge in [-0.15, -0.1) is 0 Å². The van der Waals surface area contributed by atoms with Crippen LogP contribution in [0.15, 0.2) is 24.3 Å². The lowest BCUT2D eigenvalue weighted by molar-refractivity contribution is -0.127. The van der Waals surface area contributed by atoms with Crippen molar-refractivity contribution in [3.05, 3.63) is 24.3 Å². The van der Waals surface area contributed by atoms with Crippen molar-refractivity contribution in [3.63, 3.8) is 0 Å². The monoisotopic (exact) mass is 511 g/mol. The third-order valence-electron chi connectivity index (χ3n) is 6.19. The predicted octanol–water partition coefficient (Wildman–Crippen LogP) is 3.84. The van der Waals surface area contributed by atoms with Crippen molar-refractivity contribution in [1.29, 1.82) is 0 Å². The lowest BCUT2D eigenvalue weighted by Gasteiger charge is -2.17. The van der Waals surface area contributed by atoms with E-state index in [9.17, 15) is 4.79 Å². The molecule has 0 radical (unpaired) electrons. The number of hydrogen-bond acceptors (Lipinski definition) is 10. The molecule has 2 aromatic carbocycles. The number of anilines is 3. The highest BCUT2D eigenvalue weighted by Crippen LogP contribution is 2.41. The molecule has 1 aliphatic rings. The maximum atomic E-state index is 11.9. The average molecular weight is 512 g/mol. The number of methoxy groups -OCH3 is 5. The second-order valence-corrected chi connectivity index (χ2v) is 8.42. The van der Waals surface area contributed by atoms with E-state index in [1.165, 1.54) is 0 Å². The summed E-state index contributed by atoms with van der Waals surface area (Å²) in [5, 5.41) is 7.39. The summed E-state index contributed by atoms with van der Waals surface area (Å²) in [4.78, 5) is 23.2. The third kappa shape index (κ3) is 5.65. The normalized spacial score (nSPS) is 13.0. The van der Waals surface area contributed by atoms with Gasteiger partial charge in [0.1, 0.15) is 5.82 Å². The molecule has 0 aliphatic carbocycles. The summed E-state index contributed by atoms with van der Waals surface area (Å²) in [5.74, 6) is 3.86. The number of carbonyl (C=O) groups excluding carboxylic acids is 1. The number of amides is 1. The van der Waals surface area contributed by atoms with E-state index < -0.39 is 0 Å². The third-order valence-corrected chi connectivity index (χ3v) is 6.19. The van der Waals surface area contributed by atoms with Crippen LogP contribution in [-0.4, -0.2) is 76.0 Å². The Labute approximate surface area is 216 Å². The standard InChI is InChI=1S/C26H33N5O6/c1-33-19-14-17-18(15-20(19)34-2)29-26(27-9-7-11-31-10-6-8-23(31)32)30-25(17)28-16-12-21(35-3)24(37-5)22(13-16)36-4/h12-15H,6-11H2,1-5H3,(H2,27,28,29,30). The summed E-state index contributed by atoms with van der Waals surface area (Å²) < 4.78 is 27.4. The van der Waals surface area contributed by atoms with Gasteiger partial charge in [-0.05, 0) is 18.9 Å². The van der Waals surface area contributed by atoms with Crippen molar-refractivity contribution < 1.29 is 28.5 Å². The van der Waals surface area contributed by atoms with Crippen molar-refractivity contribution in [2.45, 2.75) is 19.3 Å². The number of likely N-dealkylation sites (tertiary alicyclic amines) is 1. The van der Waals surface area contributed by atoms with Crippen molar-refractivity contribution >= 4 is 34.3 Å². The minimum atomic E-state index is 0.222. The molecule has 0 saturated carbocycles. The number of nitrogens with zero attached hydrogens (tertiary/aromatic N) is 3. The summed E-state index contributed by atoms with van der Waals surface area (Å²) >= 11 is 0. The van der Waals surface area contributed by atoms with Crippen LogP contribution in [0.5, 0.6) is 28.7 Å². The molecule has 1 saturated heterocycles. The summed E-state index contributed by atoms with van der Waals surface area (Å²) in [5.41, 5.74) is 1.35. The van der Waals surface area contributed by atoms with Crippen LogP contribution in [0.3, 0.4) is 0 Å². The Balaban J connectivity index is 1.66. The first kappa shape index (κ1) is 25.9. The fourth-order valence-electron chi connectivity index (χ4n) is 4.33. The molecule has 1 aromatic heterocycles. The van der Waals surface area contributed by atoms with Gasteiger partial charge in [-0.3, -0.25) is 4.79 Å². The molecular weight excluding hydrogens is 478 g/mol. The zero-order valence-corrected chi connectivity index (χ0v) is 21.8. The van der Waals surface area contributed by atoms with Gasteiger partial charge >= 0.3 is 0 Å². The quantitative estimate of drug-likeness (QED) is 0.347. The zero-order chi connectivity index (χ0) is 26.4. The highest BCUT2D eigenvalue weighted by Gasteiger charge is 2.20. The number of ether oxygens (including phenoxy) is 5. The molecule has 4 rings (SSSR count). The molecule has 3 aromatic rings. The first-order chi connectivity index (χ1) is 18.0. The van der Waals surface area contributed by atoms with Crippen LogP contribution in [0.4, 0.5) is 17.5 Å².